The number of halogens is 1. The average molecular weight is 441 g/mol. The SMILES string of the molecule is CN1CCN(c2nc(N3CCCC3)nc3c2CN(C(=O)c2ccccc2Cl)CC3)CC1. The van der Waals surface area contributed by atoms with Crippen LogP contribution in [0.2, 0.25) is 5.02 Å². The molecule has 0 atom stereocenters. The fourth-order valence-corrected chi connectivity index (χ4v) is 4.92. The van der Waals surface area contributed by atoms with Crippen LogP contribution in [0.5, 0.6) is 0 Å². The second-order valence-corrected chi connectivity index (χ2v) is 9.12. The molecule has 0 radical (unpaired) electrons. The Morgan fingerprint density at radius 1 is 0.935 bits per heavy atom. The summed E-state index contributed by atoms with van der Waals surface area (Å²) in [6.45, 7) is 7.14. The van der Waals surface area contributed by atoms with Crippen LogP contribution in [0.4, 0.5) is 11.8 Å². The first-order valence-electron chi connectivity index (χ1n) is 11.2. The smallest absolute Gasteiger partial charge is 0.255 e. The van der Waals surface area contributed by atoms with Crippen molar-refractivity contribution in [2.75, 3.05) is 62.7 Å². The summed E-state index contributed by atoms with van der Waals surface area (Å²) < 4.78 is 0. The van der Waals surface area contributed by atoms with E-state index < -0.39 is 0 Å². The highest BCUT2D eigenvalue weighted by Gasteiger charge is 2.31. The standard InChI is InChI=1S/C23H29ClN6O/c1-27-12-14-28(15-13-27)21-18-16-30(22(31)17-6-2-3-7-19(17)24)11-8-20(18)25-23(26-21)29-9-4-5-10-29/h2-3,6-7H,4-5,8-16H2,1H3. The summed E-state index contributed by atoms with van der Waals surface area (Å²) in [4.78, 5) is 32.2. The lowest BCUT2D eigenvalue weighted by Crippen LogP contribution is -2.46. The molecule has 2 aromatic rings. The number of carbonyl (C=O) groups is 1. The molecule has 31 heavy (non-hydrogen) atoms. The van der Waals surface area contributed by atoms with Gasteiger partial charge in [0.2, 0.25) is 5.95 Å². The number of piperazine rings is 1. The van der Waals surface area contributed by atoms with E-state index in [0.29, 0.717) is 23.7 Å². The van der Waals surface area contributed by atoms with Crippen molar-refractivity contribution in [1.29, 1.82) is 0 Å². The third-order valence-electron chi connectivity index (χ3n) is 6.61. The zero-order valence-electron chi connectivity index (χ0n) is 18.1. The first kappa shape index (κ1) is 20.5. The van der Waals surface area contributed by atoms with Gasteiger partial charge >= 0.3 is 0 Å². The number of fused-ring (bicyclic) bond motifs is 1. The topological polar surface area (TPSA) is 55.8 Å². The number of likely N-dealkylation sites (N-methyl/N-ethyl adjacent to an activating group) is 1. The Morgan fingerprint density at radius 3 is 2.42 bits per heavy atom. The average Bonchev–Trinajstić information content (AvgIpc) is 3.33. The minimum atomic E-state index is -0.0239. The van der Waals surface area contributed by atoms with Crippen molar-refractivity contribution in [1.82, 2.24) is 19.8 Å². The van der Waals surface area contributed by atoms with Crippen LogP contribution in [0.15, 0.2) is 24.3 Å². The van der Waals surface area contributed by atoms with Crippen molar-refractivity contribution in [3.63, 3.8) is 0 Å². The normalized spacial score (nSPS) is 19.6. The third-order valence-corrected chi connectivity index (χ3v) is 6.94. The third kappa shape index (κ3) is 4.08. The summed E-state index contributed by atoms with van der Waals surface area (Å²) in [6, 6.07) is 7.28. The molecule has 0 unspecified atom stereocenters. The molecule has 0 saturated carbocycles. The molecule has 4 heterocycles. The van der Waals surface area contributed by atoms with Gasteiger partial charge in [-0.2, -0.15) is 4.98 Å². The molecular formula is C23H29ClN6O. The van der Waals surface area contributed by atoms with Crippen molar-refractivity contribution in [3.8, 4) is 0 Å². The number of benzene rings is 1. The summed E-state index contributed by atoms with van der Waals surface area (Å²) in [5.74, 6) is 1.84. The van der Waals surface area contributed by atoms with Gasteiger partial charge in [-0.3, -0.25) is 4.79 Å². The van der Waals surface area contributed by atoms with Gasteiger partial charge in [-0.25, -0.2) is 4.98 Å². The summed E-state index contributed by atoms with van der Waals surface area (Å²) in [5, 5.41) is 0.498. The maximum absolute atomic E-state index is 13.2. The molecule has 164 valence electrons. The van der Waals surface area contributed by atoms with Crippen molar-refractivity contribution in [2.24, 2.45) is 0 Å². The van der Waals surface area contributed by atoms with Crippen LogP contribution in [0.3, 0.4) is 0 Å². The van der Waals surface area contributed by atoms with E-state index in [1.807, 2.05) is 17.0 Å². The van der Waals surface area contributed by atoms with E-state index in [-0.39, 0.29) is 5.91 Å². The Bertz CT molecular complexity index is 969. The molecule has 2 fully saturated rings. The van der Waals surface area contributed by atoms with Gasteiger partial charge in [-0.1, -0.05) is 23.7 Å². The van der Waals surface area contributed by atoms with Crippen LogP contribution in [0.1, 0.15) is 34.5 Å². The van der Waals surface area contributed by atoms with Gasteiger partial charge in [-0.05, 0) is 32.0 Å². The lowest BCUT2D eigenvalue weighted by atomic mass is 10.0. The summed E-state index contributed by atoms with van der Waals surface area (Å²) in [6.07, 6.45) is 3.14. The lowest BCUT2D eigenvalue weighted by Gasteiger charge is -2.37. The maximum atomic E-state index is 13.2. The molecule has 2 saturated heterocycles. The molecular weight excluding hydrogens is 412 g/mol. The monoisotopic (exact) mass is 440 g/mol. The number of amides is 1. The molecule has 0 N–H and O–H groups in total. The highest BCUT2D eigenvalue weighted by atomic mass is 35.5. The minimum Gasteiger partial charge on any atom is -0.354 e. The quantitative estimate of drug-likeness (QED) is 0.731. The lowest BCUT2D eigenvalue weighted by molar-refractivity contribution is 0.0733. The Kier molecular flexibility index (Phi) is 5.71. The number of hydrogen-bond donors (Lipinski definition) is 0. The fraction of sp³-hybridized carbons (Fsp3) is 0.522. The number of anilines is 2. The molecule has 3 aliphatic rings. The second-order valence-electron chi connectivity index (χ2n) is 8.71. The van der Waals surface area contributed by atoms with Gasteiger partial charge < -0.3 is 19.6 Å². The predicted molar refractivity (Wildman–Crippen MR) is 123 cm³/mol. The van der Waals surface area contributed by atoms with E-state index in [2.05, 4.69) is 21.7 Å². The van der Waals surface area contributed by atoms with Crippen LogP contribution in [0, 0.1) is 0 Å². The zero-order valence-corrected chi connectivity index (χ0v) is 18.8. The van der Waals surface area contributed by atoms with Crippen LogP contribution in [0.25, 0.3) is 0 Å². The second kappa shape index (κ2) is 8.63. The summed E-state index contributed by atoms with van der Waals surface area (Å²) in [5.41, 5.74) is 2.75. The fourth-order valence-electron chi connectivity index (χ4n) is 4.70. The summed E-state index contributed by atoms with van der Waals surface area (Å²) in [7, 11) is 2.16. The van der Waals surface area contributed by atoms with Gasteiger partial charge in [0.05, 0.1) is 22.8 Å². The van der Waals surface area contributed by atoms with Crippen molar-refractivity contribution < 1.29 is 4.79 Å². The van der Waals surface area contributed by atoms with Crippen LogP contribution < -0.4 is 9.80 Å². The molecule has 0 spiro atoms. The van der Waals surface area contributed by atoms with E-state index in [1.165, 1.54) is 12.8 Å². The van der Waals surface area contributed by atoms with E-state index in [1.54, 1.807) is 12.1 Å². The molecule has 0 aliphatic carbocycles. The molecule has 1 aromatic carbocycles. The van der Waals surface area contributed by atoms with Gasteiger partial charge in [-0.15, -0.1) is 0 Å². The van der Waals surface area contributed by atoms with E-state index in [9.17, 15) is 4.79 Å². The largest absolute Gasteiger partial charge is 0.354 e. The van der Waals surface area contributed by atoms with Crippen LogP contribution in [-0.2, 0) is 13.0 Å². The Labute approximate surface area is 188 Å². The molecule has 0 bridgehead atoms. The Hall–Kier alpha value is -2.38. The van der Waals surface area contributed by atoms with E-state index in [0.717, 1.165) is 68.7 Å². The number of rotatable bonds is 3. The highest BCUT2D eigenvalue weighted by Crippen LogP contribution is 2.31. The summed E-state index contributed by atoms with van der Waals surface area (Å²) >= 11 is 6.31. The van der Waals surface area contributed by atoms with Crippen molar-refractivity contribution >= 4 is 29.3 Å². The molecule has 1 aromatic heterocycles. The van der Waals surface area contributed by atoms with Gasteiger partial charge in [0.1, 0.15) is 5.82 Å². The van der Waals surface area contributed by atoms with Gasteiger partial charge in [0, 0.05) is 57.8 Å². The molecule has 5 rings (SSSR count). The van der Waals surface area contributed by atoms with Crippen molar-refractivity contribution in [3.05, 3.63) is 46.1 Å². The Balaban J connectivity index is 1.48. The maximum Gasteiger partial charge on any atom is 0.255 e. The molecule has 1 amide bonds. The minimum absolute atomic E-state index is 0.0239. The molecule has 3 aliphatic heterocycles. The molecule has 8 heteroatoms. The van der Waals surface area contributed by atoms with E-state index >= 15 is 0 Å². The van der Waals surface area contributed by atoms with Crippen molar-refractivity contribution in [2.45, 2.75) is 25.8 Å². The highest BCUT2D eigenvalue weighted by molar-refractivity contribution is 6.33. The number of carbonyl (C=O) groups excluding carboxylic acids is 1. The first-order chi connectivity index (χ1) is 15.1. The number of hydrogen-bond acceptors (Lipinski definition) is 6. The predicted octanol–water partition coefficient (Wildman–Crippen LogP) is 2.68. The van der Waals surface area contributed by atoms with Crippen LogP contribution in [-0.4, -0.2) is 78.5 Å². The van der Waals surface area contributed by atoms with Crippen LogP contribution >= 0.6 is 11.6 Å². The molecule has 7 nitrogen and oxygen atoms in total. The number of nitrogens with zero attached hydrogens (tertiary/aromatic N) is 6. The van der Waals surface area contributed by atoms with Gasteiger partial charge in [0.25, 0.3) is 5.91 Å². The first-order valence-corrected chi connectivity index (χ1v) is 11.6. The Morgan fingerprint density at radius 2 is 1.68 bits per heavy atom. The van der Waals surface area contributed by atoms with E-state index in [4.69, 9.17) is 21.6 Å². The number of aromatic nitrogens is 2. The van der Waals surface area contributed by atoms with Gasteiger partial charge in [0.15, 0.2) is 0 Å². The zero-order chi connectivity index (χ0) is 21.4.